The summed E-state index contributed by atoms with van der Waals surface area (Å²) in [6.07, 6.45) is 2.77. The van der Waals surface area contributed by atoms with Crippen LogP contribution in [0.25, 0.3) is 0 Å². The van der Waals surface area contributed by atoms with E-state index in [-0.39, 0.29) is 5.78 Å². The molecule has 0 heterocycles. The molecular weight excluding hydrogens is 224 g/mol. The lowest BCUT2D eigenvalue weighted by Gasteiger charge is -2.19. The molecule has 1 fully saturated rings. The van der Waals surface area contributed by atoms with Crippen LogP contribution in [0.1, 0.15) is 24.8 Å². The second-order valence-electron chi connectivity index (χ2n) is 4.52. The maximum Gasteiger partial charge on any atom is 0.166 e. The molecule has 3 heteroatoms. The van der Waals surface area contributed by atoms with Crippen LogP contribution < -0.4 is 5.32 Å². The van der Waals surface area contributed by atoms with Crippen LogP contribution in [0, 0.1) is 5.41 Å². The number of carbonyl (C=O) groups is 1. The van der Waals surface area contributed by atoms with Crippen molar-refractivity contribution in [1.82, 2.24) is 5.32 Å². The van der Waals surface area contributed by atoms with Crippen LogP contribution >= 0.6 is 0 Å². The fourth-order valence-electron chi connectivity index (χ4n) is 2.30. The number of hydrogen-bond acceptors (Lipinski definition) is 3. The summed E-state index contributed by atoms with van der Waals surface area (Å²) in [5.74, 6) is 0.103. The Morgan fingerprint density at radius 3 is 2.61 bits per heavy atom. The highest BCUT2D eigenvalue weighted by Gasteiger charge is 2.23. The Hall–Kier alpha value is -1.90. The van der Waals surface area contributed by atoms with Gasteiger partial charge in [0, 0.05) is 31.3 Å². The van der Waals surface area contributed by atoms with Gasteiger partial charge in [-0.15, -0.1) is 0 Å². The van der Waals surface area contributed by atoms with Crippen molar-refractivity contribution in [3.63, 3.8) is 0 Å². The fourth-order valence-corrected chi connectivity index (χ4v) is 2.30. The van der Waals surface area contributed by atoms with Crippen molar-refractivity contribution in [3.8, 4) is 0 Å². The van der Waals surface area contributed by atoms with Gasteiger partial charge in [0.2, 0.25) is 0 Å². The fraction of sp³-hybridized carbons (Fsp3) is 0.333. The molecule has 1 aliphatic carbocycles. The van der Waals surface area contributed by atoms with Gasteiger partial charge in [0.15, 0.2) is 5.78 Å². The van der Waals surface area contributed by atoms with Gasteiger partial charge in [-0.25, -0.2) is 0 Å². The summed E-state index contributed by atoms with van der Waals surface area (Å²) in [6.45, 7) is 0. The Morgan fingerprint density at radius 2 is 2.00 bits per heavy atom. The quantitative estimate of drug-likeness (QED) is 0.800. The Kier molecular flexibility index (Phi) is 3.92. The number of nitrogens with one attached hydrogen (secondary N) is 2. The average molecular weight is 242 g/mol. The van der Waals surface area contributed by atoms with Crippen LogP contribution in [0.2, 0.25) is 0 Å². The molecule has 0 amide bonds. The zero-order valence-electron chi connectivity index (χ0n) is 10.6. The smallest absolute Gasteiger partial charge is 0.166 e. The molecular formula is C15H18N2O. The van der Waals surface area contributed by atoms with Gasteiger partial charge in [0.05, 0.1) is 5.57 Å². The number of rotatable bonds is 3. The van der Waals surface area contributed by atoms with E-state index in [9.17, 15) is 4.79 Å². The summed E-state index contributed by atoms with van der Waals surface area (Å²) in [4.78, 5) is 12.0. The summed E-state index contributed by atoms with van der Waals surface area (Å²) in [5.41, 5.74) is 3.11. The molecule has 2 rings (SSSR count). The van der Waals surface area contributed by atoms with Crippen molar-refractivity contribution in [1.29, 1.82) is 5.41 Å². The molecule has 0 atom stereocenters. The number of hydrogen-bond donors (Lipinski definition) is 2. The SMILES string of the molecule is CN/C(Cc1ccccc1)=C1\C(=N)CCCC1=O. The van der Waals surface area contributed by atoms with Crippen molar-refractivity contribution < 1.29 is 4.79 Å². The lowest BCUT2D eigenvalue weighted by molar-refractivity contribution is -0.115. The third kappa shape index (κ3) is 2.67. The minimum absolute atomic E-state index is 0.103. The lowest BCUT2D eigenvalue weighted by atomic mass is 9.88. The average Bonchev–Trinajstić information content (AvgIpc) is 2.38. The van der Waals surface area contributed by atoms with Crippen molar-refractivity contribution in [2.24, 2.45) is 0 Å². The van der Waals surface area contributed by atoms with Crippen LogP contribution in [0.3, 0.4) is 0 Å². The second kappa shape index (κ2) is 5.63. The van der Waals surface area contributed by atoms with E-state index < -0.39 is 0 Å². The molecule has 0 aliphatic heterocycles. The number of likely N-dealkylation sites (N-methyl/N-ethyl adjacent to an activating group) is 1. The summed E-state index contributed by atoms with van der Waals surface area (Å²) < 4.78 is 0. The van der Waals surface area contributed by atoms with E-state index in [1.165, 1.54) is 0 Å². The molecule has 1 aromatic rings. The topological polar surface area (TPSA) is 53.0 Å². The van der Waals surface area contributed by atoms with Gasteiger partial charge in [0.25, 0.3) is 0 Å². The lowest BCUT2D eigenvalue weighted by Crippen LogP contribution is -2.25. The van der Waals surface area contributed by atoms with Gasteiger partial charge >= 0.3 is 0 Å². The Balaban J connectivity index is 2.31. The highest BCUT2D eigenvalue weighted by molar-refractivity contribution is 6.23. The molecule has 94 valence electrons. The Labute approximate surface area is 107 Å². The van der Waals surface area contributed by atoms with E-state index in [2.05, 4.69) is 5.32 Å². The molecule has 0 spiro atoms. The number of benzene rings is 1. The maximum atomic E-state index is 12.0. The third-order valence-electron chi connectivity index (χ3n) is 3.24. The summed E-state index contributed by atoms with van der Waals surface area (Å²) in [6, 6.07) is 10.0. The largest absolute Gasteiger partial charge is 0.391 e. The van der Waals surface area contributed by atoms with Crippen molar-refractivity contribution in [3.05, 3.63) is 47.2 Å². The Morgan fingerprint density at radius 1 is 1.28 bits per heavy atom. The number of Topliss-reactive ketones (excluding diaryl/α,β-unsaturated/α-hetero) is 1. The molecule has 3 nitrogen and oxygen atoms in total. The molecule has 18 heavy (non-hydrogen) atoms. The molecule has 0 radical (unpaired) electrons. The standard InChI is InChI=1S/C15H18N2O/c1-17-13(10-11-6-3-2-4-7-11)15-12(16)8-5-9-14(15)18/h2-4,6-7,16-17H,5,8-10H2,1H3/b15-13+,16-12?. The van der Waals surface area contributed by atoms with E-state index in [0.29, 0.717) is 30.5 Å². The Bertz CT molecular complexity index is 470. The molecule has 1 aliphatic rings. The van der Waals surface area contributed by atoms with Gasteiger partial charge in [0.1, 0.15) is 0 Å². The predicted octanol–water partition coefficient (Wildman–Crippen LogP) is 2.48. The van der Waals surface area contributed by atoms with E-state index in [4.69, 9.17) is 5.41 Å². The van der Waals surface area contributed by atoms with Gasteiger partial charge in [-0.05, 0) is 18.4 Å². The monoisotopic (exact) mass is 242 g/mol. The first-order valence-corrected chi connectivity index (χ1v) is 6.28. The van der Waals surface area contributed by atoms with Crippen LogP contribution in [0.4, 0.5) is 0 Å². The van der Waals surface area contributed by atoms with Gasteiger partial charge in [-0.2, -0.15) is 0 Å². The predicted molar refractivity (Wildman–Crippen MR) is 72.8 cm³/mol. The van der Waals surface area contributed by atoms with Crippen LogP contribution in [0.15, 0.2) is 41.6 Å². The first-order chi connectivity index (χ1) is 8.72. The minimum Gasteiger partial charge on any atom is -0.391 e. The highest BCUT2D eigenvalue weighted by Crippen LogP contribution is 2.21. The molecule has 0 aromatic heterocycles. The molecule has 1 aromatic carbocycles. The van der Waals surface area contributed by atoms with Gasteiger partial charge < -0.3 is 10.7 Å². The van der Waals surface area contributed by atoms with E-state index in [1.807, 2.05) is 37.4 Å². The molecule has 0 saturated heterocycles. The highest BCUT2D eigenvalue weighted by atomic mass is 16.1. The molecule has 0 unspecified atom stereocenters. The second-order valence-corrected chi connectivity index (χ2v) is 4.52. The molecule has 0 bridgehead atoms. The van der Waals surface area contributed by atoms with Crippen LogP contribution in [-0.2, 0) is 11.2 Å². The number of allylic oxidation sites excluding steroid dienone is 2. The minimum atomic E-state index is 0.103. The molecule has 2 N–H and O–H groups in total. The van der Waals surface area contributed by atoms with Gasteiger partial charge in [-0.3, -0.25) is 4.79 Å². The first kappa shape index (κ1) is 12.6. The van der Waals surface area contributed by atoms with Crippen molar-refractivity contribution in [2.45, 2.75) is 25.7 Å². The van der Waals surface area contributed by atoms with Crippen molar-refractivity contribution >= 4 is 11.5 Å². The molecule has 1 saturated carbocycles. The summed E-state index contributed by atoms with van der Waals surface area (Å²) >= 11 is 0. The van der Waals surface area contributed by atoms with Gasteiger partial charge in [-0.1, -0.05) is 30.3 Å². The summed E-state index contributed by atoms with van der Waals surface area (Å²) in [5, 5.41) is 11.1. The first-order valence-electron chi connectivity index (χ1n) is 6.28. The van der Waals surface area contributed by atoms with Crippen LogP contribution in [-0.4, -0.2) is 18.5 Å². The van der Waals surface area contributed by atoms with E-state index in [1.54, 1.807) is 0 Å². The van der Waals surface area contributed by atoms with E-state index in [0.717, 1.165) is 17.7 Å². The summed E-state index contributed by atoms with van der Waals surface area (Å²) in [7, 11) is 1.82. The number of ketones is 1. The number of carbonyl (C=O) groups excluding carboxylic acids is 1. The third-order valence-corrected chi connectivity index (χ3v) is 3.24. The normalized spacial score (nSPS) is 18.7. The van der Waals surface area contributed by atoms with E-state index >= 15 is 0 Å². The van der Waals surface area contributed by atoms with Crippen LogP contribution in [0.5, 0.6) is 0 Å². The van der Waals surface area contributed by atoms with Crippen molar-refractivity contribution in [2.75, 3.05) is 7.05 Å². The maximum absolute atomic E-state index is 12.0. The zero-order valence-corrected chi connectivity index (χ0v) is 10.6. The zero-order chi connectivity index (χ0) is 13.0.